The van der Waals surface area contributed by atoms with Crippen LogP contribution in [0.5, 0.6) is 0 Å². The highest BCUT2D eigenvalue weighted by atomic mass is 16.1. The molecule has 10 heavy (non-hydrogen) atoms. The van der Waals surface area contributed by atoms with Crippen molar-refractivity contribution in [1.82, 2.24) is 0 Å². The molecule has 0 aromatic heterocycles. The van der Waals surface area contributed by atoms with Crippen LogP contribution in [0.3, 0.4) is 0 Å². The van der Waals surface area contributed by atoms with E-state index in [9.17, 15) is 4.79 Å². The number of amides is 1. The summed E-state index contributed by atoms with van der Waals surface area (Å²) in [7, 11) is 0. The first-order valence-electron chi connectivity index (χ1n) is 3.34. The van der Waals surface area contributed by atoms with Crippen LogP contribution in [0, 0.1) is 0 Å². The maximum Gasteiger partial charge on any atom is 0.241 e. The molecule has 2 heteroatoms. The first-order chi connectivity index (χ1) is 4.77. The third kappa shape index (κ3) is 6.95. The SMILES string of the molecule is C=CCCCC=CC(N)=O. The molecule has 2 nitrogen and oxygen atoms in total. The Morgan fingerprint density at radius 2 is 2.20 bits per heavy atom. The van der Waals surface area contributed by atoms with Gasteiger partial charge < -0.3 is 5.73 Å². The van der Waals surface area contributed by atoms with E-state index in [0.29, 0.717) is 0 Å². The first-order valence-corrected chi connectivity index (χ1v) is 3.34. The third-order valence-electron chi connectivity index (χ3n) is 1.06. The van der Waals surface area contributed by atoms with E-state index >= 15 is 0 Å². The second kappa shape index (κ2) is 6.08. The number of allylic oxidation sites excluding steroid dienone is 2. The quantitative estimate of drug-likeness (QED) is 0.349. The zero-order valence-electron chi connectivity index (χ0n) is 6.05. The second-order valence-electron chi connectivity index (χ2n) is 2.02. The topological polar surface area (TPSA) is 43.1 Å². The Morgan fingerprint density at radius 1 is 1.50 bits per heavy atom. The van der Waals surface area contributed by atoms with E-state index in [1.165, 1.54) is 6.08 Å². The number of primary amides is 1. The van der Waals surface area contributed by atoms with Gasteiger partial charge in [0, 0.05) is 0 Å². The summed E-state index contributed by atoms with van der Waals surface area (Å²) in [4.78, 5) is 10.1. The molecule has 0 spiro atoms. The van der Waals surface area contributed by atoms with Crippen molar-refractivity contribution in [1.29, 1.82) is 0 Å². The fraction of sp³-hybridized carbons (Fsp3) is 0.375. The van der Waals surface area contributed by atoms with E-state index in [1.54, 1.807) is 6.08 Å². The van der Waals surface area contributed by atoms with Crippen molar-refractivity contribution in [3.63, 3.8) is 0 Å². The van der Waals surface area contributed by atoms with Gasteiger partial charge in [0.2, 0.25) is 5.91 Å². The van der Waals surface area contributed by atoms with Gasteiger partial charge in [0.15, 0.2) is 0 Å². The molecule has 0 rings (SSSR count). The molecule has 56 valence electrons. The van der Waals surface area contributed by atoms with Crippen LogP contribution in [-0.4, -0.2) is 5.91 Å². The molecule has 2 N–H and O–H groups in total. The average Bonchev–Trinajstić information content (AvgIpc) is 1.87. The van der Waals surface area contributed by atoms with Crippen LogP contribution in [0.25, 0.3) is 0 Å². The monoisotopic (exact) mass is 139 g/mol. The fourth-order valence-electron chi connectivity index (χ4n) is 0.580. The summed E-state index contributed by atoms with van der Waals surface area (Å²) in [6.45, 7) is 3.58. The number of carbonyl (C=O) groups is 1. The minimum Gasteiger partial charge on any atom is -0.366 e. The first kappa shape index (κ1) is 8.95. The van der Waals surface area contributed by atoms with Gasteiger partial charge in [0.25, 0.3) is 0 Å². The number of carbonyl (C=O) groups excluding carboxylic acids is 1. The van der Waals surface area contributed by atoms with E-state index in [1.807, 2.05) is 6.08 Å². The van der Waals surface area contributed by atoms with Crippen LogP contribution in [0.1, 0.15) is 19.3 Å². The molecule has 0 aromatic carbocycles. The van der Waals surface area contributed by atoms with Crippen LogP contribution >= 0.6 is 0 Å². The largest absolute Gasteiger partial charge is 0.366 e. The van der Waals surface area contributed by atoms with Crippen LogP contribution in [0.15, 0.2) is 24.8 Å². The number of hydrogen-bond acceptors (Lipinski definition) is 1. The van der Waals surface area contributed by atoms with Crippen molar-refractivity contribution in [3.05, 3.63) is 24.8 Å². The van der Waals surface area contributed by atoms with Gasteiger partial charge in [0.1, 0.15) is 0 Å². The summed E-state index contributed by atoms with van der Waals surface area (Å²) in [6, 6.07) is 0. The lowest BCUT2D eigenvalue weighted by Crippen LogP contribution is -2.05. The van der Waals surface area contributed by atoms with Gasteiger partial charge in [-0.3, -0.25) is 4.79 Å². The molecule has 1 amide bonds. The molecule has 0 aliphatic heterocycles. The molecule has 0 fully saturated rings. The highest BCUT2D eigenvalue weighted by Crippen LogP contribution is 1.95. The molecule has 0 aromatic rings. The Bertz CT molecular complexity index is 138. The Hall–Kier alpha value is -1.05. The molecule has 0 atom stereocenters. The number of unbranched alkanes of at least 4 members (excludes halogenated alkanes) is 2. The van der Waals surface area contributed by atoms with Crippen molar-refractivity contribution < 1.29 is 4.79 Å². The lowest BCUT2D eigenvalue weighted by atomic mass is 10.2. The summed E-state index contributed by atoms with van der Waals surface area (Å²) in [6.07, 6.45) is 7.96. The van der Waals surface area contributed by atoms with Gasteiger partial charge in [0.05, 0.1) is 0 Å². The van der Waals surface area contributed by atoms with E-state index in [0.717, 1.165) is 19.3 Å². The van der Waals surface area contributed by atoms with E-state index in [4.69, 9.17) is 5.73 Å². The normalized spacial score (nSPS) is 10.0. The smallest absolute Gasteiger partial charge is 0.241 e. The lowest BCUT2D eigenvalue weighted by Gasteiger charge is -1.86. The van der Waals surface area contributed by atoms with Gasteiger partial charge in [-0.05, 0) is 25.3 Å². The molecule has 0 aliphatic rings. The average molecular weight is 139 g/mol. The summed E-state index contributed by atoms with van der Waals surface area (Å²) < 4.78 is 0. The predicted octanol–water partition coefficient (Wildman–Crippen LogP) is 1.38. The molecule has 0 radical (unpaired) electrons. The third-order valence-corrected chi connectivity index (χ3v) is 1.06. The predicted molar refractivity (Wildman–Crippen MR) is 42.4 cm³/mol. The van der Waals surface area contributed by atoms with Crippen molar-refractivity contribution >= 4 is 5.91 Å². The summed E-state index contributed by atoms with van der Waals surface area (Å²) >= 11 is 0. The van der Waals surface area contributed by atoms with Crippen LogP contribution in [-0.2, 0) is 4.79 Å². The number of nitrogens with two attached hydrogens (primary N) is 1. The van der Waals surface area contributed by atoms with Crippen LogP contribution in [0.2, 0.25) is 0 Å². The lowest BCUT2D eigenvalue weighted by molar-refractivity contribution is -0.113. The van der Waals surface area contributed by atoms with E-state index in [2.05, 4.69) is 6.58 Å². The van der Waals surface area contributed by atoms with Gasteiger partial charge in [-0.2, -0.15) is 0 Å². The summed E-state index contributed by atoms with van der Waals surface area (Å²) in [5.41, 5.74) is 4.86. The Kier molecular flexibility index (Phi) is 5.44. The molecule has 0 unspecified atom stereocenters. The minimum atomic E-state index is -0.376. The molecule has 0 bridgehead atoms. The molecular formula is C8H13NO. The zero-order valence-corrected chi connectivity index (χ0v) is 6.05. The Labute approximate surface area is 61.4 Å². The minimum absolute atomic E-state index is 0.376. The van der Waals surface area contributed by atoms with E-state index < -0.39 is 0 Å². The highest BCUT2D eigenvalue weighted by Gasteiger charge is 1.81. The zero-order chi connectivity index (χ0) is 7.82. The number of rotatable bonds is 5. The standard InChI is InChI=1S/C8H13NO/c1-2-3-4-5-6-7-8(9)10/h2,6-7H,1,3-5H2,(H2,9,10). The van der Waals surface area contributed by atoms with Crippen molar-refractivity contribution in [3.8, 4) is 0 Å². The van der Waals surface area contributed by atoms with Crippen molar-refractivity contribution in [2.45, 2.75) is 19.3 Å². The summed E-state index contributed by atoms with van der Waals surface area (Å²) in [5, 5.41) is 0. The van der Waals surface area contributed by atoms with Crippen molar-refractivity contribution in [2.75, 3.05) is 0 Å². The maximum atomic E-state index is 10.1. The van der Waals surface area contributed by atoms with Gasteiger partial charge in [-0.1, -0.05) is 12.2 Å². The van der Waals surface area contributed by atoms with Crippen LogP contribution < -0.4 is 5.73 Å². The molecule has 0 saturated carbocycles. The molecule has 0 heterocycles. The second-order valence-corrected chi connectivity index (χ2v) is 2.02. The molecule has 0 saturated heterocycles. The number of hydrogen-bond donors (Lipinski definition) is 1. The summed E-state index contributed by atoms with van der Waals surface area (Å²) in [5.74, 6) is -0.376. The Balaban J connectivity index is 3.18. The molecule has 0 aliphatic carbocycles. The molecular weight excluding hydrogens is 126 g/mol. The van der Waals surface area contributed by atoms with Gasteiger partial charge in [-0.25, -0.2) is 0 Å². The van der Waals surface area contributed by atoms with Gasteiger partial charge in [-0.15, -0.1) is 6.58 Å². The van der Waals surface area contributed by atoms with E-state index in [-0.39, 0.29) is 5.91 Å². The highest BCUT2D eigenvalue weighted by molar-refractivity contribution is 5.85. The van der Waals surface area contributed by atoms with Gasteiger partial charge >= 0.3 is 0 Å². The maximum absolute atomic E-state index is 10.1. The Morgan fingerprint density at radius 3 is 2.70 bits per heavy atom. The van der Waals surface area contributed by atoms with Crippen molar-refractivity contribution in [2.24, 2.45) is 5.73 Å². The van der Waals surface area contributed by atoms with Crippen LogP contribution in [0.4, 0.5) is 0 Å². The fourth-order valence-corrected chi connectivity index (χ4v) is 0.580.